The predicted octanol–water partition coefficient (Wildman–Crippen LogP) is 19.0. The molecule has 0 aliphatic heterocycles. The minimum absolute atomic E-state index is 1.10. The summed E-state index contributed by atoms with van der Waals surface area (Å²) in [5, 5.41) is 5.05. The van der Waals surface area contributed by atoms with E-state index in [9.17, 15) is 0 Å². The Labute approximate surface area is 397 Å². The SMILES string of the molecule is c1ccc(-c2ccc3sc4ccc(N(c5ccc(-c6cccc(S(c7ccccc7)(c7ccccc7)c7ccccc7)c6)cc5)c5ccc(-c6cccc7ccccc67)cc5)cc4c3c2)cc1. The highest BCUT2D eigenvalue weighted by molar-refractivity contribution is 8.34. The molecule has 67 heavy (non-hydrogen) atoms. The lowest BCUT2D eigenvalue weighted by Gasteiger charge is -2.42. The quantitative estimate of drug-likeness (QED) is 0.132. The molecule has 0 bridgehead atoms. The van der Waals surface area contributed by atoms with Crippen LogP contribution in [0.5, 0.6) is 0 Å². The first-order valence-corrected chi connectivity index (χ1v) is 25.2. The minimum Gasteiger partial charge on any atom is -0.310 e. The lowest BCUT2D eigenvalue weighted by Crippen LogP contribution is -2.09. The maximum Gasteiger partial charge on any atom is 0.0468 e. The molecule has 3 heteroatoms. The van der Waals surface area contributed by atoms with Crippen LogP contribution in [0.15, 0.2) is 293 Å². The van der Waals surface area contributed by atoms with E-state index < -0.39 is 10.0 Å². The van der Waals surface area contributed by atoms with Gasteiger partial charge in [0, 0.05) is 56.8 Å². The van der Waals surface area contributed by atoms with E-state index in [0.29, 0.717) is 0 Å². The molecule has 11 aromatic carbocycles. The van der Waals surface area contributed by atoms with Gasteiger partial charge in [-0.05, 0) is 147 Å². The lowest BCUT2D eigenvalue weighted by atomic mass is 9.98. The third-order valence-electron chi connectivity index (χ3n) is 13.0. The third kappa shape index (κ3) is 7.39. The zero-order chi connectivity index (χ0) is 44.6. The largest absolute Gasteiger partial charge is 0.310 e. The van der Waals surface area contributed by atoms with Crippen LogP contribution >= 0.6 is 21.4 Å². The number of fused-ring (bicyclic) bond motifs is 4. The van der Waals surface area contributed by atoms with E-state index in [1.54, 1.807) is 0 Å². The number of hydrogen-bond donors (Lipinski definition) is 0. The summed E-state index contributed by atoms with van der Waals surface area (Å²) >= 11 is 1.86. The average molecular weight is 892 g/mol. The molecule has 0 spiro atoms. The molecule has 0 saturated heterocycles. The molecule has 318 valence electrons. The smallest absolute Gasteiger partial charge is 0.0468 e. The number of hydrogen-bond acceptors (Lipinski definition) is 2. The van der Waals surface area contributed by atoms with Gasteiger partial charge in [0.15, 0.2) is 0 Å². The van der Waals surface area contributed by atoms with Gasteiger partial charge in [-0.1, -0.05) is 170 Å². The maximum absolute atomic E-state index is 2.43. The molecule has 12 aromatic rings. The molecule has 0 aliphatic rings. The Morgan fingerprint density at radius 1 is 0.269 bits per heavy atom. The first kappa shape index (κ1) is 40.6. The number of nitrogens with zero attached hydrogens (tertiary/aromatic N) is 1. The van der Waals surface area contributed by atoms with E-state index in [-0.39, 0.29) is 0 Å². The second-order valence-electron chi connectivity index (χ2n) is 16.9. The van der Waals surface area contributed by atoms with Gasteiger partial charge in [0.2, 0.25) is 0 Å². The Kier molecular flexibility index (Phi) is 10.6. The third-order valence-corrected chi connectivity index (χ3v) is 18.0. The molecular formula is C64H45NS2. The fourth-order valence-electron chi connectivity index (χ4n) is 9.79. The van der Waals surface area contributed by atoms with Crippen molar-refractivity contribution < 1.29 is 0 Å². The van der Waals surface area contributed by atoms with Crippen molar-refractivity contribution >= 4 is 69.4 Å². The van der Waals surface area contributed by atoms with Crippen LogP contribution in [0.3, 0.4) is 0 Å². The van der Waals surface area contributed by atoms with Crippen LogP contribution in [-0.4, -0.2) is 0 Å². The summed E-state index contributed by atoms with van der Waals surface area (Å²) in [5.74, 6) is 0. The molecular weight excluding hydrogens is 847 g/mol. The van der Waals surface area contributed by atoms with Crippen LogP contribution in [0.4, 0.5) is 17.1 Å². The summed E-state index contributed by atoms with van der Waals surface area (Å²) < 4.78 is 2.58. The van der Waals surface area contributed by atoms with Crippen molar-refractivity contribution in [2.45, 2.75) is 19.6 Å². The Hall–Kier alpha value is -7.95. The fraction of sp³-hybridized carbons (Fsp3) is 0. The topological polar surface area (TPSA) is 3.24 Å². The van der Waals surface area contributed by atoms with Gasteiger partial charge in [0.05, 0.1) is 0 Å². The summed E-state index contributed by atoms with van der Waals surface area (Å²) in [6.45, 7) is 0. The van der Waals surface area contributed by atoms with Gasteiger partial charge in [0.25, 0.3) is 0 Å². The molecule has 1 heterocycles. The average Bonchev–Trinajstić information content (AvgIpc) is 3.78. The molecule has 12 rings (SSSR count). The van der Waals surface area contributed by atoms with Crippen molar-refractivity contribution in [1.29, 1.82) is 0 Å². The van der Waals surface area contributed by atoms with E-state index in [1.165, 1.54) is 83.9 Å². The van der Waals surface area contributed by atoms with Gasteiger partial charge in [0.1, 0.15) is 0 Å². The highest BCUT2D eigenvalue weighted by Gasteiger charge is 2.33. The van der Waals surface area contributed by atoms with Gasteiger partial charge in [-0.2, -0.15) is 0 Å². The van der Waals surface area contributed by atoms with E-state index in [4.69, 9.17) is 0 Å². The highest BCUT2D eigenvalue weighted by Crippen LogP contribution is 2.73. The van der Waals surface area contributed by atoms with Crippen molar-refractivity contribution in [3.8, 4) is 33.4 Å². The first-order chi connectivity index (χ1) is 33.2. The molecule has 0 aliphatic carbocycles. The predicted molar refractivity (Wildman–Crippen MR) is 288 cm³/mol. The molecule has 0 saturated carbocycles. The van der Waals surface area contributed by atoms with Gasteiger partial charge < -0.3 is 4.90 Å². The Bertz CT molecular complexity index is 3560. The number of benzene rings is 11. The lowest BCUT2D eigenvalue weighted by molar-refractivity contribution is 1.24. The summed E-state index contributed by atoms with van der Waals surface area (Å²) in [6, 6.07) is 101. The summed E-state index contributed by atoms with van der Waals surface area (Å²) in [4.78, 5) is 7.65. The number of anilines is 3. The Balaban J connectivity index is 0.979. The van der Waals surface area contributed by atoms with Gasteiger partial charge in [-0.25, -0.2) is 0 Å². The molecule has 0 N–H and O–H groups in total. The molecule has 0 unspecified atom stereocenters. The minimum atomic E-state index is -1.83. The van der Waals surface area contributed by atoms with Gasteiger partial charge >= 0.3 is 0 Å². The van der Waals surface area contributed by atoms with Crippen LogP contribution in [0.2, 0.25) is 0 Å². The van der Waals surface area contributed by atoms with Crippen LogP contribution in [0.1, 0.15) is 0 Å². The molecule has 0 fully saturated rings. The monoisotopic (exact) mass is 891 g/mol. The molecule has 1 nitrogen and oxygen atoms in total. The highest BCUT2D eigenvalue weighted by atomic mass is 32.3. The van der Waals surface area contributed by atoms with Crippen molar-refractivity contribution in [3.63, 3.8) is 0 Å². The van der Waals surface area contributed by atoms with Gasteiger partial charge in [-0.15, -0.1) is 21.4 Å². The number of rotatable bonds is 10. The van der Waals surface area contributed by atoms with Crippen LogP contribution in [-0.2, 0) is 0 Å². The van der Waals surface area contributed by atoms with Crippen LogP contribution in [0, 0.1) is 0 Å². The standard InChI is InChI=1S/C64H45NS2/c1-5-17-46(18-6-1)51-35-41-63-61(44-51)62-45-54(40-42-64(62)66-63)65(53-38-33-49(34-39-53)60-30-16-20-48-19-13-14-29-59(48)60)52-36-31-47(32-37-52)50-21-15-28-58(43-50)67(55-22-7-2-8-23-55,56-24-9-3-10-25-56)57-26-11-4-12-27-57/h1-45H. The van der Waals surface area contributed by atoms with Crippen LogP contribution in [0.25, 0.3) is 64.3 Å². The molecule has 0 amide bonds. The summed E-state index contributed by atoms with van der Waals surface area (Å²) in [7, 11) is -1.83. The van der Waals surface area contributed by atoms with Crippen LogP contribution < -0.4 is 4.90 Å². The normalized spacial score (nSPS) is 11.8. The second-order valence-corrected chi connectivity index (χ2v) is 21.1. The van der Waals surface area contributed by atoms with E-state index in [1.807, 2.05) is 11.3 Å². The number of thiophene rings is 1. The zero-order valence-electron chi connectivity index (χ0n) is 36.7. The summed E-state index contributed by atoms with van der Waals surface area (Å²) in [6.07, 6.45) is 0. The Morgan fingerprint density at radius 2 is 0.701 bits per heavy atom. The van der Waals surface area contributed by atoms with E-state index >= 15 is 0 Å². The first-order valence-electron chi connectivity index (χ1n) is 22.8. The molecule has 0 atom stereocenters. The zero-order valence-corrected chi connectivity index (χ0v) is 38.4. The van der Waals surface area contributed by atoms with Crippen molar-refractivity contribution in [1.82, 2.24) is 0 Å². The van der Waals surface area contributed by atoms with Crippen molar-refractivity contribution in [2.24, 2.45) is 0 Å². The maximum atomic E-state index is 2.43. The van der Waals surface area contributed by atoms with Crippen molar-refractivity contribution in [3.05, 3.63) is 273 Å². The van der Waals surface area contributed by atoms with E-state index in [0.717, 1.165) is 17.1 Å². The fourth-order valence-corrected chi connectivity index (χ4v) is 14.8. The molecule has 1 aromatic heterocycles. The second kappa shape index (κ2) is 17.5. The van der Waals surface area contributed by atoms with E-state index in [2.05, 4.69) is 278 Å². The Morgan fingerprint density at radius 3 is 1.34 bits per heavy atom. The van der Waals surface area contributed by atoms with Crippen molar-refractivity contribution in [2.75, 3.05) is 4.90 Å². The summed E-state index contributed by atoms with van der Waals surface area (Å²) in [5.41, 5.74) is 10.6. The molecule has 0 radical (unpaired) electrons. The van der Waals surface area contributed by atoms with Gasteiger partial charge in [-0.3, -0.25) is 0 Å².